The van der Waals surface area contributed by atoms with Gasteiger partial charge in [-0.2, -0.15) is 0 Å². The summed E-state index contributed by atoms with van der Waals surface area (Å²) in [6.07, 6.45) is 2.64. The van der Waals surface area contributed by atoms with E-state index in [9.17, 15) is 0 Å². The van der Waals surface area contributed by atoms with Gasteiger partial charge in [-0.15, -0.1) is 16.4 Å². The molecule has 5 aromatic rings. The van der Waals surface area contributed by atoms with Crippen LogP contribution in [0.15, 0.2) is 47.1 Å². The molecule has 0 saturated carbocycles. The maximum Gasteiger partial charge on any atom is 0.217 e. The van der Waals surface area contributed by atoms with Gasteiger partial charge in [0.05, 0.1) is 12.5 Å². The average Bonchev–Trinajstić information content (AvgIpc) is 3.47. The Kier molecular flexibility index (Phi) is 4.63. The Morgan fingerprint density at radius 2 is 1.97 bits per heavy atom. The van der Waals surface area contributed by atoms with Gasteiger partial charge in [-0.05, 0) is 43.2 Å². The molecule has 0 aliphatic carbocycles. The Hall–Kier alpha value is -3.39. The van der Waals surface area contributed by atoms with Crippen LogP contribution in [0.3, 0.4) is 0 Å². The van der Waals surface area contributed by atoms with Gasteiger partial charge in [0.25, 0.3) is 0 Å². The zero-order chi connectivity index (χ0) is 20.7. The molecule has 0 aliphatic heterocycles. The van der Waals surface area contributed by atoms with E-state index in [0.29, 0.717) is 28.8 Å². The molecule has 0 fully saturated rings. The van der Waals surface area contributed by atoms with Crippen molar-refractivity contribution in [2.45, 2.75) is 26.9 Å². The van der Waals surface area contributed by atoms with Crippen molar-refractivity contribution in [3.63, 3.8) is 0 Å². The number of ether oxygens (including phenoxy) is 2. The minimum Gasteiger partial charge on any atom is -0.493 e. The van der Waals surface area contributed by atoms with E-state index in [1.165, 1.54) is 10.4 Å². The van der Waals surface area contributed by atoms with Crippen molar-refractivity contribution >= 4 is 27.2 Å². The molecule has 152 valence electrons. The molecule has 30 heavy (non-hydrogen) atoms. The number of hydrogen-bond acceptors (Lipinski definition) is 7. The lowest BCUT2D eigenvalue weighted by Crippen LogP contribution is -1.96. The number of methoxy groups -OCH3 is 1. The quantitative estimate of drug-likeness (QED) is 0.382. The van der Waals surface area contributed by atoms with Crippen LogP contribution in [-0.4, -0.2) is 26.7 Å². The van der Waals surface area contributed by atoms with Crippen LogP contribution in [0.5, 0.6) is 11.5 Å². The van der Waals surface area contributed by atoms with E-state index >= 15 is 0 Å². The highest BCUT2D eigenvalue weighted by molar-refractivity contribution is 7.18. The molecule has 5 rings (SSSR count). The zero-order valence-electron chi connectivity index (χ0n) is 16.9. The summed E-state index contributed by atoms with van der Waals surface area (Å²) < 4.78 is 18.8. The summed E-state index contributed by atoms with van der Waals surface area (Å²) >= 11 is 1.69. The standard InChI is InChI=1S/C22H20N4O3S/c1-4-15-13(2)30-22-19(15)21-24-20(25-26(21)12-23-22)18-10-9-14(29-18)11-28-17-8-6-5-7-16(17)27-3/h5-10,12H,4,11H2,1-3H3. The van der Waals surface area contributed by atoms with E-state index < -0.39 is 0 Å². The molecular weight excluding hydrogens is 400 g/mol. The predicted molar refractivity (Wildman–Crippen MR) is 115 cm³/mol. The highest BCUT2D eigenvalue weighted by atomic mass is 32.1. The van der Waals surface area contributed by atoms with Crippen molar-refractivity contribution in [3.05, 3.63) is 58.9 Å². The number of benzene rings is 1. The number of furan rings is 1. The van der Waals surface area contributed by atoms with Crippen LogP contribution in [0.2, 0.25) is 0 Å². The second-order valence-electron chi connectivity index (χ2n) is 6.82. The summed E-state index contributed by atoms with van der Waals surface area (Å²) in [5.41, 5.74) is 2.08. The summed E-state index contributed by atoms with van der Waals surface area (Å²) in [5, 5.41) is 5.65. The Labute approximate surface area is 176 Å². The first kappa shape index (κ1) is 18.6. The van der Waals surface area contributed by atoms with Crippen molar-refractivity contribution in [2.75, 3.05) is 7.11 Å². The normalized spacial score (nSPS) is 11.4. The van der Waals surface area contributed by atoms with Gasteiger partial charge in [-0.3, -0.25) is 0 Å². The number of nitrogens with zero attached hydrogens (tertiary/aromatic N) is 4. The average molecular weight is 420 g/mol. The van der Waals surface area contributed by atoms with Crippen LogP contribution in [0.25, 0.3) is 27.4 Å². The number of aryl methyl sites for hydroxylation is 2. The summed E-state index contributed by atoms with van der Waals surface area (Å²) in [6, 6.07) is 11.2. The minimum absolute atomic E-state index is 0.281. The molecule has 8 heteroatoms. The lowest BCUT2D eigenvalue weighted by molar-refractivity contribution is 0.257. The van der Waals surface area contributed by atoms with Gasteiger partial charge in [0.1, 0.15) is 23.5 Å². The third-order valence-corrected chi connectivity index (χ3v) is 6.06. The van der Waals surface area contributed by atoms with E-state index in [2.05, 4.69) is 23.9 Å². The van der Waals surface area contributed by atoms with Crippen LogP contribution in [-0.2, 0) is 13.0 Å². The molecule has 0 amide bonds. The van der Waals surface area contributed by atoms with Crippen LogP contribution in [0.4, 0.5) is 0 Å². The summed E-state index contributed by atoms with van der Waals surface area (Å²) in [5.74, 6) is 3.14. The van der Waals surface area contributed by atoms with E-state index in [1.54, 1.807) is 29.3 Å². The second-order valence-corrected chi connectivity index (χ2v) is 8.03. The van der Waals surface area contributed by atoms with E-state index in [-0.39, 0.29) is 6.61 Å². The molecule has 0 saturated heterocycles. The summed E-state index contributed by atoms with van der Waals surface area (Å²) in [6.45, 7) is 4.55. The highest BCUT2D eigenvalue weighted by Gasteiger charge is 2.18. The molecule has 0 radical (unpaired) electrons. The van der Waals surface area contributed by atoms with Crippen molar-refractivity contribution in [2.24, 2.45) is 0 Å². The number of aromatic nitrogens is 4. The van der Waals surface area contributed by atoms with Gasteiger partial charge in [0.2, 0.25) is 5.82 Å². The van der Waals surface area contributed by atoms with E-state index in [1.807, 2.05) is 36.4 Å². The van der Waals surface area contributed by atoms with Gasteiger partial charge in [-0.25, -0.2) is 14.5 Å². The molecule has 4 aromatic heterocycles. The summed E-state index contributed by atoms with van der Waals surface area (Å²) in [7, 11) is 1.62. The molecule has 7 nitrogen and oxygen atoms in total. The molecule has 0 bridgehead atoms. The Bertz CT molecular complexity index is 1350. The monoisotopic (exact) mass is 420 g/mol. The summed E-state index contributed by atoms with van der Waals surface area (Å²) in [4.78, 5) is 11.6. The smallest absolute Gasteiger partial charge is 0.217 e. The molecular formula is C22H20N4O3S. The van der Waals surface area contributed by atoms with Crippen LogP contribution in [0.1, 0.15) is 23.1 Å². The fourth-order valence-corrected chi connectivity index (χ4v) is 4.63. The zero-order valence-corrected chi connectivity index (χ0v) is 17.7. The van der Waals surface area contributed by atoms with Gasteiger partial charge in [0, 0.05) is 4.88 Å². The Balaban J connectivity index is 1.45. The minimum atomic E-state index is 0.281. The van der Waals surface area contributed by atoms with Crippen molar-refractivity contribution < 1.29 is 13.9 Å². The predicted octanol–water partition coefficient (Wildman–Crippen LogP) is 5.06. The number of fused-ring (bicyclic) bond motifs is 3. The van der Waals surface area contributed by atoms with Crippen LogP contribution in [0, 0.1) is 6.92 Å². The number of hydrogen-bond donors (Lipinski definition) is 0. The van der Waals surface area contributed by atoms with Crippen molar-refractivity contribution in [3.8, 4) is 23.1 Å². The fraction of sp³-hybridized carbons (Fsp3) is 0.227. The Morgan fingerprint density at radius 1 is 1.13 bits per heavy atom. The highest BCUT2D eigenvalue weighted by Crippen LogP contribution is 2.33. The maximum absolute atomic E-state index is 5.95. The first-order valence-corrected chi connectivity index (χ1v) is 10.5. The first-order valence-electron chi connectivity index (χ1n) is 9.66. The van der Waals surface area contributed by atoms with Gasteiger partial charge in [0.15, 0.2) is 22.9 Å². The van der Waals surface area contributed by atoms with Gasteiger partial charge >= 0.3 is 0 Å². The van der Waals surface area contributed by atoms with Gasteiger partial charge < -0.3 is 13.9 Å². The third kappa shape index (κ3) is 3.09. The molecule has 0 atom stereocenters. The lowest BCUT2D eigenvalue weighted by Gasteiger charge is -2.08. The third-order valence-electron chi connectivity index (χ3n) is 5.00. The molecule has 1 aromatic carbocycles. The number of thiophene rings is 1. The first-order chi connectivity index (χ1) is 14.7. The van der Waals surface area contributed by atoms with Crippen molar-refractivity contribution in [1.29, 1.82) is 0 Å². The van der Waals surface area contributed by atoms with E-state index in [4.69, 9.17) is 18.9 Å². The van der Waals surface area contributed by atoms with Gasteiger partial charge in [-0.1, -0.05) is 19.1 Å². The maximum atomic E-state index is 5.95. The second kappa shape index (κ2) is 7.46. The van der Waals surface area contributed by atoms with E-state index in [0.717, 1.165) is 22.3 Å². The molecule has 0 spiro atoms. The largest absolute Gasteiger partial charge is 0.493 e. The lowest BCUT2D eigenvalue weighted by atomic mass is 10.1. The topological polar surface area (TPSA) is 74.7 Å². The number of rotatable bonds is 6. The molecule has 4 heterocycles. The number of para-hydroxylation sites is 2. The fourth-order valence-electron chi connectivity index (χ4n) is 3.56. The molecule has 0 N–H and O–H groups in total. The van der Waals surface area contributed by atoms with Crippen LogP contribution < -0.4 is 9.47 Å². The molecule has 0 unspecified atom stereocenters. The SMILES string of the molecule is CCc1c(C)sc2ncn3nc(-c4ccc(COc5ccccc5OC)o4)nc3c12. The van der Waals surface area contributed by atoms with Crippen LogP contribution >= 0.6 is 11.3 Å². The van der Waals surface area contributed by atoms with Crippen molar-refractivity contribution in [1.82, 2.24) is 19.6 Å². The molecule has 0 aliphatic rings. The Morgan fingerprint density at radius 3 is 2.77 bits per heavy atom.